The van der Waals surface area contributed by atoms with Crippen molar-refractivity contribution in [2.24, 2.45) is 0 Å². The predicted octanol–water partition coefficient (Wildman–Crippen LogP) is 6.58. The number of fused-ring (bicyclic) bond motifs is 4. The molecular formula is C29H25FN2O4S. The maximum atomic E-state index is 13.9. The van der Waals surface area contributed by atoms with Crippen molar-refractivity contribution in [3.63, 3.8) is 0 Å². The number of rotatable bonds is 5. The number of nitrogens with one attached hydrogen (secondary N) is 1. The third kappa shape index (κ3) is 4.25. The lowest BCUT2D eigenvalue weighted by atomic mass is 9.90. The van der Waals surface area contributed by atoms with Crippen LogP contribution in [0.2, 0.25) is 0 Å². The molecule has 5 rings (SSSR count). The smallest absolute Gasteiger partial charge is 0.358 e. The van der Waals surface area contributed by atoms with Crippen molar-refractivity contribution in [3.05, 3.63) is 75.9 Å². The van der Waals surface area contributed by atoms with E-state index in [1.54, 1.807) is 12.1 Å². The number of H-pyrrole nitrogens is 1. The molecule has 2 heterocycles. The predicted molar refractivity (Wildman–Crippen MR) is 146 cm³/mol. The molecule has 0 amide bonds. The molecule has 188 valence electrons. The minimum atomic E-state index is -5.16. The Morgan fingerprint density at radius 2 is 1.78 bits per heavy atom. The van der Waals surface area contributed by atoms with Gasteiger partial charge in [-0.25, -0.2) is 0 Å². The van der Waals surface area contributed by atoms with Crippen LogP contribution in [0.1, 0.15) is 50.8 Å². The highest BCUT2D eigenvalue weighted by molar-refractivity contribution is 7.81. The summed E-state index contributed by atoms with van der Waals surface area (Å²) in [6, 6.07) is 15.7. The zero-order valence-corrected chi connectivity index (χ0v) is 21.6. The van der Waals surface area contributed by atoms with E-state index in [1.165, 1.54) is 12.1 Å². The Kier molecular flexibility index (Phi) is 5.84. The largest absolute Gasteiger partial charge is 0.488 e. The van der Waals surface area contributed by atoms with Gasteiger partial charge in [-0.2, -0.15) is 8.42 Å². The number of benzene rings is 3. The van der Waals surface area contributed by atoms with Crippen molar-refractivity contribution >= 4 is 43.3 Å². The lowest BCUT2D eigenvalue weighted by molar-refractivity contribution is 0.440. The van der Waals surface area contributed by atoms with E-state index in [9.17, 15) is 17.1 Å². The van der Waals surface area contributed by atoms with Crippen LogP contribution in [-0.2, 0) is 10.5 Å². The van der Waals surface area contributed by atoms with Crippen molar-refractivity contribution < 1.29 is 16.5 Å². The zero-order valence-electron chi connectivity index (χ0n) is 20.8. The quantitative estimate of drug-likeness (QED) is 0.211. The molecule has 2 aromatic heterocycles. The Morgan fingerprint density at radius 3 is 2.43 bits per heavy atom. The summed E-state index contributed by atoms with van der Waals surface area (Å²) in [6.07, 6.45) is 5.59. The summed E-state index contributed by atoms with van der Waals surface area (Å²) in [4.78, 5) is 17.3. The van der Waals surface area contributed by atoms with Crippen molar-refractivity contribution in [3.8, 4) is 29.2 Å². The summed E-state index contributed by atoms with van der Waals surface area (Å²) in [5.41, 5.74) is 5.17. The highest BCUT2D eigenvalue weighted by Crippen LogP contribution is 2.37. The van der Waals surface area contributed by atoms with Crippen molar-refractivity contribution in [1.29, 1.82) is 0 Å². The van der Waals surface area contributed by atoms with Gasteiger partial charge in [-0.05, 0) is 72.9 Å². The van der Waals surface area contributed by atoms with Gasteiger partial charge < -0.3 is 13.7 Å². The van der Waals surface area contributed by atoms with Crippen LogP contribution in [0.15, 0.2) is 59.4 Å². The molecule has 5 aromatic rings. The maximum absolute atomic E-state index is 13.9. The molecule has 0 fully saturated rings. The third-order valence-corrected chi connectivity index (χ3v) is 6.96. The minimum absolute atomic E-state index is 0.00476. The zero-order chi connectivity index (χ0) is 26.6. The monoisotopic (exact) mass is 516 g/mol. The average Bonchev–Trinajstić information content (AvgIpc) is 3.20. The van der Waals surface area contributed by atoms with Crippen molar-refractivity contribution in [2.45, 2.75) is 39.7 Å². The average molecular weight is 517 g/mol. The number of halogens is 1. The fourth-order valence-corrected chi connectivity index (χ4v) is 5.35. The van der Waals surface area contributed by atoms with Gasteiger partial charge in [0.05, 0.1) is 10.9 Å². The number of terminal acetylenes is 1. The molecular weight excluding hydrogens is 491 g/mol. The molecule has 0 bridgehead atoms. The first-order chi connectivity index (χ1) is 17.5. The maximum Gasteiger partial charge on any atom is 0.488 e. The lowest BCUT2D eigenvalue weighted by Gasteiger charge is -2.21. The van der Waals surface area contributed by atoms with Crippen LogP contribution in [0, 0.1) is 12.3 Å². The topological polar surface area (TPSA) is 81.2 Å². The Labute approximate surface area is 214 Å². The molecule has 0 aliphatic carbocycles. The molecule has 0 aliphatic rings. The second-order valence-corrected chi connectivity index (χ2v) is 10.6. The second-order valence-electron chi connectivity index (χ2n) is 9.66. The summed E-state index contributed by atoms with van der Waals surface area (Å²) in [6.45, 7) is 8.11. The van der Waals surface area contributed by atoms with E-state index in [4.69, 9.17) is 6.42 Å². The van der Waals surface area contributed by atoms with Crippen LogP contribution in [0.3, 0.4) is 0 Å². The van der Waals surface area contributed by atoms with Crippen LogP contribution in [0.25, 0.3) is 44.0 Å². The number of nitrogens with zero attached hydrogens (tertiary/aromatic N) is 1. The highest BCUT2D eigenvalue weighted by atomic mass is 32.3. The summed E-state index contributed by atoms with van der Waals surface area (Å²) >= 11 is 0. The van der Waals surface area contributed by atoms with Crippen LogP contribution >= 0.6 is 0 Å². The number of hydrogen-bond donors (Lipinski definition) is 1. The van der Waals surface area contributed by atoms with Crippen molar-refractivity contribution in [1.82, 2.24) is 9.55 Å². The Balaban J connectivity index is 1.89. The minimum Gasteiger partial charge on any atom is -0.358 e. The van der Waals surface area contributed by atoms with E-state index in [1.807, 2.05) is 58.0 Å². The molecule has 3 aromatic carbocycles. The number of hydrogen-bond acceptors (Lipinski definition) is 4. The molecule has 37 heavy (non-hydrogen) atoms. The Bertz CT molecular complexity index is 1930. The van der Waals surface area contributed by atoms with E-state index in [-0.39, 0.29) is 23.1 Å². The lowest BCUT2D eigenvalue weighted by Crippen LogP contribution is -2.13. The SMILES string of the molecule is C#Cc1ccc2c(c1)[nH]c1c2c(=O)c2cc(C(C)C)c(-c3cccc(OS(=O)(=O)F)c3)cc2n1C(C)C. The molecule has 0 spiro atoms. The van der Waals surface area contributed by atoms with Crippen LogP contribution in [0.5, 0.6) is 5.75 Å². The highest BCUT2D eigenvalue weighted by Gasteiger charge is 2.21. The van der Waals surface area contributed by atoms with Crippen LogP contribution in [-0.4, -0.2) is 18.0 Å². The fourth-order valence-electron chi connectivity index (χ4n) is 5.02. The number of pyridine rings is 1. The molecule has 0 unspecified atom stereocenters. The first kappa shape index (κ1) is 24.6. The molecule has 0 saturated heterocycles. The number of aromatic amines is 1. The normalized spacial score (nSPS) is 12.2. The van der Waals surface area contributed by atoms with Crippen molar-refractivity contribution in [2.75, 3.05) is 0 Å². The molecule has 6 nitrogen and oxygen atoms in total. The summed E-state index contributed by atoms with van der Waals surface area (Å²) < 4.78 is 41.9. The molecule has 0 radical (unpaired) electrons. The standard InChI is InChI=1S/C29H25FN2O4S/c1-6-18-10-11-21-25(12-18)31-29-27(21)28(33)24-14-22(16(2)3)23(15-26(24)32(29)17(4)5)19-8-7-9-20(13-19)36-37(30,34)35/h1,7-17,31H,2-5H3. The van der Waals surface area contributed by atoms with E-state index in [2.05, 4.69) is 19.7 Å². The molecule has 0 saturated carbocycles. The van der Waals surface area contributed by atoms with E-state index in [0.717, 1.165) is 27.5 Å². The van der Waals surface area contributed by atoms with E-state index >= 15 is 0 Å². The number of aromatic nitrogens is 2. The van der Waals surface area contributed by atoms with Gasteiger partial charge in [-0.1, -0.05) is 41.9 Å². The second kappa shape index (κ2) is 8.79. The van der Waals surface area contributed by atoms with Crippen LogP contribution < -0.4 is 9.61 Å². The van der Waals surface area contributed by atoms with Gasteiger partial charge in [-0.3, -0.25) is 4.79 Å². The fraction of sp³-hybridized carbons (Fsp3) is 0.207. The third-order valence-electron chi connectivity index (χ3n) is 6.56. The van der Waals surface area contributed by atoms with Gasteiger partial charge in [0.1, 0.15) is 11.4 Å². The molecule has 0 atom stereocenters. The summed E-state index contributed by atoms with van der Waals surface area (Å²) in [7, 11) is -5.16. The van der Waals surface area contributed by atoms with E-state index in [0.29, 0.717) is 27.5 Å². The molecule has 8 heteroatoms. The Morgan fingerprint density at radius 1 is 1.03 bits per heavy atom. The summed E-state index contributed by atoms with van der Waals surface area (Å²) in [5.74, 6) is 2.54. The van der Waals surface area contributed by atoms with E-state index < -0.39 is 10.5 Å². The van der Waals surface area contributed by atoms with Gasteiger partial charge >= 0.3 is 10.5 Å². The van der Waals surface area contributed by atoms with Gasteiger partial charge in [0.2, 0.25) is 0 Å². The Hall–Kier alpha value is -4.09. The first-order valence-corrected chi connectivity index (χ1v) is 13.2. The first-order valence-electron chi connectivity index (χ1n) is 11.9. The van der Waals surface area contributed by atoms with Crippen LogP contribution in [0.4, 0.5) is 3.89 Å². The van der Waals surface area contributed by atoms with Gasteiger partial charge in [0, 0.05) is 27.9 Å². The molecule has 1 N–H and O–H groups in total. The molecule has 0 aliphatic heterocycles. The van der Waals surface area contributed by atoms with Gasteiger partial charge in [-0.15, -0.1) is 6.42 Å². The summed E-state index contributed by atoms with van der Waals surface area (Å²) in [5, 5.41) is 1.99. The van der Waals surface area contributed by atoms with Gasteiger partial charge in [0.15, 0.2) is 5.43 Å². The van der Waals surface area contributed by atoms with Gasteiger partial charge in [0.25, 0.3) is 0 Å².